The molecule has 2 aliphatic carbocycles. The summed E-state index contributed by atoms with van der Waals surface area (Å²) in [5.41, 5.74) is 0.291. The van der Waals surface area contributed by atoms with Crippen LogP contribution in [0.25, 0.3) is 0 Å². The monoisotopic (exact) mass is 360 g/mol. The van der Waals surface area contributed by atoms with E-state index in [4.69, 9.17) is 4.42 Å². The number of carbonyl (C=O) groups excluding carboxylic acids is 1. The van der Waals surface area contributed by atoms with Crippen LogP contribution in [-0.2, 0) is 0 Å². The molecular weight excluding hydrogens is 332 g/mol. The van der Waals surface area contributed by atoms with Crippen LogP contribution in [0.3, 0.4) is 0 Å². The molecule has 0 radical (unpaired) electrons. The van der Waals surface area contributed by atoms with Crippen LogP contribution in [0.15, 0.2) is 15.3 Å². The first-order valence-corrected chi connectivity index (χ1v) is 9.85. The van der Waals surface area contributed by atoms with Gasteiger partial charge in [0, 0.05) is 18.5 Å². The molecule has 1 aromatic heterocycles. The number of aliphatic hydroxyl groups excluding tert-OH is 1. The third-order valence-electron chi connectivity index (χ3n) is 6.42. The first kappa shape index (κ1) is 17.7. The quantitative estimate of drug-likeness (QED) is 0.763. The Morgan fingerprint density at radius 1 is 1.27 bits per heavy atom. The van der Waals surface area contributed by atoms with Gasteiger partial charge in [0.25, 0.3) is 5.91 Å². The number of fused-ring (bicyclic) bond motifs is 1. The van der Waals surface area contributed by atoms with E-state index in [9.17, 15) is 14.7 Å². The zero-order valence-electron chi connectivity index (χ0n) is 15.3. The lowest BCUT2D eigenvalue weighted by molar-refractivity contribution is 0.0929. The second-order valence-electron chi connectivity index (χ2n) is 8.32. The number of hydrogen-bond acceptors (Lipinski definition) is 5. The number of nitrogens with one attached hydrogen (secondary N) is 2. The van der Waals surface area contributed by atoms with E-state index in [0.29, 0.717) is 23.2 Å². The molecule has 0 bridgehead atoms. The van der Waals surface area contributed by atoms with Crippen molar-refractivity contribution in [1.82, 2.24) is 10.6 Å². The fourth-order valence-electron chi connectivity index (χ4n) is 5.16. The summed E-state index contributed by atoms with van der Waals surface area (Å²) in [5.74, 6) is 1.55. The second-order valence-corrected chi connectivity index (χ2v) is 8.32. The highest BCUT2D eigenvalue weighted by atomic mass is 16.4. The van der Waals surface area contributed by atoms with E-state index in [1.165, 1.54) is 0 Å². The summed E-state index contributed by atoms with van der Waals surface area (Å²) in [7, 11) is 0. The summed E-state index contributed by atoms with van der Waals surface area (Å²) in [6.07, 6.45) is 5.34. The minimum atomic E-state index is -0.531. The maximum Gasteiger partial charge on any atom is 0.349 e. The minimum Gasteiger partial charge on any atom is -0.427 e. The molecule has 3 N–H and O–H groups in total. The molecule has 2 saturated carbocycles. The van der Waals surface area contributed by atoms with Crippen molar-refractivity contribution < 1.29 is 14.3 Å². The number of amides is 1. The van der Waals surface area contributed by atoms with Gasteiger partial charge < -0.3 is 20.2 Å². The average Bonchev–Trinajstić information content (AvgIpc) is 3.11. The molecule has 1 aliphatic heterocycles. The Kier molecular flexibility index (Phi) is 4.88. The number of hydrogen-bond donors (Lipinski definition) is 3. The summed E-state index contributed by atoms with van der Waals surface area (Å²) >= 11 is 0. The van der Waals surface area contributed by atoms with Crippen LogP contribution in [0.2, 0.25) is 0 Å². The fraction of sp³-hybridized carbons (Fsp3) is 0.700. The van der Waals surface area contributed by atoms with Crippen molar-refractivity contribution in [2.24, 2.45) is 11.8 Å². The van der Waals surface area contributed by atoms with Crippen molar-refractivity contribution in [3.8, 4) is 0 Å². The van der Waals surface area contributed by atoms with Crippen LogP contribution in [0.4, 0.5) is 0 Å². The Labute approximate surface area is 153 Å². The van der Waals surface area contributed by atoms with Crippen molar-refractivity contribution in [1.29, 1.82) is 0 Å². The minimum absolute atomic E-state index is 0.0889. The fourth-order valence-corrected chi connectivity index (χ4v) is 5.16. The summed E-state index contributed by atoms with van der Waals surface area (Å²) in [6, 6.07) is 1.94. The van der Waals surface area contributed by atoms with Gasteiger partial charge in [0.05, 0.1) is 6.10 Å². The van der Waals surface area contributed by atoms with Gasteiger partial charge in [-0.2, -0.15) is 0 Å². The summed E-state index contributed by atoms with van der Waals surface area (Å²) in [6.45, 7) is 3.62. The molecule has 1 saturated heterocycles. The Hall–Kier alpha value is -1.66. The number of aryl methyl sites for hydroxylation is 1. The summed E-state index contributed by atoms with van der Waals surface area (Å²) in [4.78, 5) is 25.2. The van der Waals surface area contributed by atoms with Crippen LogP contribution in [-0.4, -0.2) is 36.2 Å². The molecule has 0 spiro atoms. The van der Waals surface area contributed by atoms with Gasteiger partial charge in [-0.3, -0.25) is 4.79 Å². The van der Waals surface area contributed by atoms with Gasteiger partial charge in [-0.05, 0) is 75.5 Å². The van der Waals surface area contributed by atoms with Crippen molar-refractivity contribution >= 4 is 5.91 Å². The zero-order chi connectivity index (χ0) is 18.3. The maximum atomic E-state index is 12.7. The van der Waals surface area contributed by atoms with Crippen molar-refractivity contribution in [3.63, 3.8) is 0 Å². The van der Waals surface area contributed by atoms with Crippen LogP contribution in [0.5, 0.6) is 0 Å². The van der Waals surface area contributed by atoms with Gasteiger partial charge in [-0.1, -0.05) is 0 Å². The Bertz CT molecular complexity index is 724. The van der Waals surface area contributed by atoms with Gasteiger partial charge in [-0.15, -0.1) is 0 Å². The first-order chi connectivity index (χ1) is 12.5. The SMILES string of the molecule is Cc1cc(C2CCCNC2)oc(=O)c1C(=O)NC1C[C@H]2CC(O)C[C@H]2C1. The largest absolute Gasteiger partial charge is 0.427 e. The van der Waals surface area contributed by atoms with E-state index in [0.717, 1.165) is 51.6 Å². The zero-order valence-corrected chi connectivity index (χ0v) is 15.3. The third kappa shape index (κ3) is 3.45. The Balaban J connectivity index is 1.45. The van der Waals surface area contributed by atoms with E-state index < -0.39 is 5.63 Å². The lowest BCUT2D eigenvalue weighted by Crippen LogP contribution is -2.37. The smallest absolute Gasteiger partial charge is 0.349 e. The van der Waals surface area contributed by atoms with Crippen LogP contribution >= 0.6 is 0 Å². The van der Waals surface area contributed by atoms with E-state index in [1.54, 1.807) is 0 Å². The Morgan fingerprint density at radius 2 is 2.00 bits per heavy atom. The van der Waals surface area contributed by atoms with Crippen LogP contribution in [0.1, 0.15) is 66.1 Å². The van der Waals surface area contributed by atoms with Gasteiger partial charge in [0.1, 0.15) is 11.3 Å². The number of carbonyl (C=O) groups is 1. The van der Waals surface area contributed by atoms with E-state index >= 15 is 0 Å². The Morgan fingerprint density at radius 3 is 2.62 bits per heavy atom. The van der Waals surface area contributed by atoms with E-state index in [2.05, 4.69) is 10.6 Å². The van der Waals surface area contributed by atoms with Crippen molar-refractivity contribution in [2.45, 2.75) is 63.5 Å². The van der Waals surface area contributed by atoms with Crippen molar-refractivity contribution in [2.75, 3.05) is 13.1 Å². The predicted molar refractivity (Wildman–Crippen MR) is 97.3 cm³/mol. The molecule has 2 heterocycles. The van der Waals surface area contributed by atoms with E-state index in [1.807, 2.05) is 13.0 Å². The third-order valence-corrected chi connectivity index (χ3v) is 6.42. The lowest BCUT2D eigenvalue weighted by atomic mass is 9.95. The van der Waals surface area contributed by atoms with Gasteiger partial charge in [0.15, 0.2) is 0 Å². The standard InChI is InChI=1S/C20H28N2O4/c1-11-5-17(12-3-2-4-21-10-12)26-20(25)18(11)19(24)22-15-6-13-8-16(23)9-14(13)7-15/h5,12-16,21,23H,2-4,6-10H2,1H3,(H,22,24)/t12?,13-,14+,15?,16?. The highest BCUT2D eigenvalue weighted by Gasteiger charge is 2.41. The lowest BCUT2D eigenvalue weighted by Gasteiger charge is -2.22. The topological polar surface area (TPSA) is 91.6 Å². The molecule has 5 atom stereocenters. The molecule has 0 aromatic carbocycles. The van der Waals surface area contributed by atoms with E-state index in [-0.39, 0.29) is 29.5 Å². The van der Waals surface area contributed by atoms with Crippen LogP contribution < -0.4 is 16.3 Å². The summed E-state index contributed by atoms with van der Waals surface area (Å²) < 4.78 is 5.51. The van der Waals surface area contributed by atoms with Crippen molar-refractivity contribution in [3.05, 3.63) is 33.4 Å². The molecule has 1 amide bonds. The van der Waals surface area contributed by atoms with Gasteiger partial charge >= 0.3 is 5.63 Å². The molecule has 6 nitrogen and oxygen atoms in total. The number of piperidine rings is 1. The van der Waals surface area contributed by atoms with Gasteiger partial charge in [-0.25, -0.2) is 4.79 Å². The molecule has 1 aromatic rings. The maximum absolute atomic E-state index is 12.7. The highest BCUT2D eigenvalue weighted by molar-refractivity contribution is 5.95. The highest BCUT2D eigenvalue weighted by Crippen LogP contribution is 2.44. The predicted octanol–water partition coefficient (Wildman–Crippen LogP) is 1.69. The average molecular weight is 360 g/mol. The summed E-state index contributed by atoms with van der Waals surface area (Å²) in [5, 5.41) is 16.1. The first-order valence-electron chi connectivity index (χ1n) is 9.85. The number of aliphatic hydroxyl groups is 1. The molecule has 3 aliphatic rings. The van der Waals surface area contributed by atoms with Gasteiger partial charge in [0.2, 0.25) is 0 Å². The molecule has 142 valence electrons. The molecule has 3 fully saturated rings. The number of rotatable bonds is 3. The molecule has 26 heavy (non-hydrogen) atoms. The molecule has 4 rings (SSSR count). The molecule has 3 unspecified atom stereocenters. The normalized spacial score (nSPS) is 33.8. The van der Waals surface area contributed by atoms with Crippen LogP contribution in [0, 0.1) is 18.8 Å². The molecular formula is C20H28N2O4. The molecule has 6 heteroatoms. The second kappa shape index (κ2) is 7.16.